The summed E-state index contributed by atoms with van der Waals surface area (Å²) < 4.78 is 0. The molecule has 26 heavy (non-hydrogen) atoms. The summed E-state index contributed by atoms with van der Waals surface area (Å²) in [6, 6.07) is 3.36. The van der Waals surface area contributed by atoms with Crippen LogP contribution in [0.4, 0.5) is 10.6 Å². The molecule has 0 aliphatic carbocycles. The Morgan fingerprint density at radius 2 is 2.04 bits per heavy atom. The molecule has 138 valence electrons. The van der Waals surface area contributed by atoms with Gasteiger partial charge in [-0.3, -0.25) is 9.69 Å². The largest absolute Gasteiger partial charge is 0.327 e. The second-order valence-corrected chi connectivity index (χ2v) is 6.53. The van der Waals surface area contributed by atoms with Gasteiger partial charge in [0.05, 0.1) is 0 Å². The van der Waals surface area contributed by atoms with E-state index in [-0.39, 0.29) is 6.03 Å². The van der Waals surface area contributed by atoms with Crippen LogP contribution in [0.2, 0.25) is 0 Å². The summed E-state index contributed by atoms with van der Waals surface area (Å²) in [6.45, 7) is 8.64. The van der Waals surface area contributed by atoms with Crippen LogP contribution in [-0.2, 0) is 6.42 Å². The Morgan fingerprint density at radius 1 is 1.27 bits per heavy atom. The number of anilines is 1. The summed E-state index contributed by atoms with van der Waals surface area (Å²) in [5.41, 5.74) is 4.38. The first-order chi connectivity index (χ1) is 12.5. The molecule has 0 spiro atoms. The number of pyridine rings is 1. The van der Waals surface area contributed by atoms with Crippen LogP contribution in [0, 0.1) is 0 Å². The minimum Gasteiger partial charge on any atom is -0.312 e. The van der Waals surface area contributed by atoms with Crippen molar-refractivity contribution in [3.05, 3.63) is 58.5 Å². The number of rotatable bonds is 5. The molecule has 0 radical (unpaired) electrons. The Hall–Kier alpha value is -2.69. The first-order valence-electron chi connectivity index (χ1n) is 9.02. The van der Waals surface area contributed by atoms with E-state index in [9.17, 15) is 9.59 Å². The van der Waals surface area contributed by atoms with Gasteiger partial charge in [-0.15, -0.1) is 0 Å². The Balaban J connectivity index is 2.17. The van der Waals surface area contributed by atoms with Gasteiger partial charge in [0, 0.05) is 12.2 Å². The normalized spacial score (nSPS) is 15.5. The van der Waals surface area contributed by atoms with E-state index in [0.29, 0.717) is 24.3 Å². The van der Waals surface area contributed by atoms with Crippen LogP contribution in [0.15, 0.2) is 47.2 Å². The number of hydrogen-bond acceptors (Lipinski definition) is 3. The van der Waals surface area contributed by atoms with Crippen LogP contribution in [0.1, 0.15) is 56.6 Å². The molecule has 0 fully saturated rings. The van der Waals surface area contributed by atoms with Crippen molar-refractivity contribution in [1.82, 2.24) is 10.3 Å². The van der Waals surface area contributed by atoms with E-state index >= 15 is 0 Å². The van der Waals surface area contributed by atoms with Gasteiger partial charge in [-0.2, -0.15) is 0 Å². The third kappa shape index (κ3) is 4.91. The maximum absolute atomic E-state index is 12.7. The quantitative estimate of drug-likeness (QED) is 0.623. The monoisotopic (exact) mass is 353 g/mol. The van der Waals surface area contributed by atoms with E-state index in [4.69, 9.17) is 0 Å². The smallest absolute Gasteiger partial charge is 0.312 e. The highest BCUT2D eigenvalue weighted by Gasteiger charge is 2.24. The number of nitrogens with zero attached hydrogens (tertiary/aromatic N) is 2. The van der Waals surface area contributed by atoms with Gasteiger partial charge in [-0.25, -0.2) is 9.78 Å². The highest BCUT2D eigenvalue weighted by Crippen LogP contribution is 2.25. The number of nitrogens with one attached hydrogen (secondary N) is 1. The lowest BCUT2D eigenvalue weighted by Crippen LogP contribution is -2.42. The molecule has 0 saturated carbocycles. The molecule has 5 heteroatoms. The fourth-order valence-corrected chi connectivity index (χ4v) is 2.85. The first kappa shape index (κ1) is 19.6. The van der Waals surface area contributed by atoms with Gasteiger partial charge in [0.1, 0.15) is 11.5 Å². The van der Waals surface area contributed by atoms with E-state index < -0.39 is 0 Å². The molecular formula is C21H27N3O2. The zero-order valence-corrected chi connectivity index (χ0v) is 16.0. The van der Waals surface area contributed by atoms with Crippen molar-refractivity contribution in [2.45, 2.75) is 47.0 Å². The summed E-state index contributed by atoms with van der Waals surface area (Å²) in [5, 5.41) is 2.93. The number of aryl methyl sites for hydroxylation is 1. The first-order valence-corrected chi connectivity index (χ1v) is 9.02. The van der Waals surface area contributed by atoms with Gasteiger partial charge in [0.25, 0.3) is 0 Å². The highest BCUT2D eigenvalue weighted by atomic mass is 16.2. The van der Waals surface area contributed by atoms with Gasteiger partial charge in [-0.1, -0.05) is 25.1 Å². The summed E-state index contributed by atoms with van der Waals surface area (Å²) in [7, 11) is 0. The van der Waals surface area contributed by atoms with Crippen molar-refractivity contribution < 1.29 is 9.59 Å². The van der Waals surface area contributed by atoms with Crippen LogP contribution >= 0.6 is 0 Å². The Labute approximate surface area is 155 Å². The Morgan fingerprint density at radius 3 is 2.73 bits per heavy atom. The van der Waals surface area contributed by atoms with Crippen LogP contribution in [0.25, 0.3) is 0 Å². The van der Waals surface area contributed by atoms with E-state index in [2.05, 4.69) is 36.3 Å². The molecule has 2 amide bonds. The topological polar surface area (TPSA) is 62.3 Å². The summed E-state index contributed by atoms with van der Waals surface area (Å²) in [4.78, 5) is 29.7. The van der Waals surface area contributed by atoms with Gasteiger partial charge >= 0.3 is 6.03 Å². The SMILES string of the molecule is CC/C=C/C(C)=C(C)\C=C(/C)NC(=O)N1CCCc2ccc(C=O)nc21. The maximum Gasteiger partial charge on any atom is 0.327 e. The van der Waals surface area contributed by atoms with E-state index in [1.54, 1.807) is 11.0 Å². The molecule has 2 heterocycles. The minimum atomic E-state index is -0.218. The Bertz CT molecular complexity index is 775. The van der Waals surface area contributed by atoms with Crippen molar-refractivity contribution in [2.75, 3.05) is 11.4 Å². The number of amides is 2. The van der Waals surface area contributed by atoms with Crippen LogP contribution < -0.4 is 10.2 Å². The molecule has 0 bridgehead atoms. The number of carbonyl (C=O) groups is 2. The molecule has 0 atom stereocenters. The lowest BCUT2D eigenvalue weighted by molar-refractivity contribution is 0.111. The number of allylic oxidation sites excluding steroid dienone is 6. The van der Waals surface area contributed by atoms with Gasteiger partial charge < -0.3 is 5.32 Å². The van der Waals surface area contributed by atoms with Crippen LogP contribution in [0.3, 0.4) is 0 Å². The van der Waals surface area contributed by atoms with Crippen LogP contribution in [0.5, 0.6) is 0 Å². The average Bonchev–Trinajstić information content (AvgIpc) is 2.64. The molecule has 1 N–H and O–H groups in total. The lowest BCUT2D eigenvalue weighted by atomic mass is 10.1. The predicted molar refractivity (Wildman–Crippen MR) is 105 cm³/mol. The van der Waals surface area contributed by atoms with Crippen molar-refractivity contribution in [2.24, 2.45) is 0 Å². The lowest BCUT2D eigenvalue weighted by Gasteiger charge is -2.28. The molecule has 0 saturated heterocycles. The molecule has 1 aliphatic heterocycles. The summed E-state index contributed by atoms with van der Waals surface area (Å²) >= 11 is 0. The predicted octanol–water partition coefficient (Wildman–Crippen LogP) is 4.56. The fraction of sp³-hybridized carbons (Fsp3) is 0.381. The van der Waals surface area contributed by atoms with Crippen molar-refractivity contribution in [3.63, 3.8) is 0 Å². The van der Waals surface area contributed by atoms with E-state index in [0.717, 1.165) is 36.1 Å². The fourth-order valence-electron chi connectivity index (χ4n) is 2.85. The van der Waals surface area contributed by atoms with Crippen molar-refractivity contribution in [3.8, 4) is 0 Å². The molecular weight excluding hydrogens is 326 g/mol. The van der Waals surface area contributed by atoms with Gasteiger partial charge in [0.15, 0.2) is 6.29 Å². The van der Waals surface area contributed by atoms with E-state index in [1.165, 1.54) is 5.57 Å². The molecule has 0 unspecified atom stereocenters. The number of fused-ring (bicyclic) bond motifs is 1. The number of aromatic nitrogens is 1. The van der Waals surface area contributed by atoms with Gasteiger partial charge in [0.2, 0.25) is 0 Å². The minimum absolute atomic E-state index is 0.218. The molecule has 1 aliphatic rings. The highest BCUT2D eigenvalue weighted by molar-refractivity contribution is 5.93. The summed E-state index contributed by atoms with van der Waals surface area (Å²) in [6.07, 6.45) is 9.61. The zero-order valence-electron chi connectivity index (χ0n) is 16.0. The number of urea groups is 1. The maximum atomic E-state index is 12.7. The standard InChI is InChI=1S/C21H27N3O2/c1-5-6-8-15(2)16(3)13-17(4)22-21(26)24-12-7-9-18-10-11-19(14-25)23-20(18)24/h6,8,10-11,13-14H,5,7,9,12H2,1-4H3,(H,22,26)/b8-6+,16-15-,17-13+. The van der Waals surface area contributed by atoms with Crippen LogP contribution in [-0.4, -0.2) is 23.8 Å². The van der Waals surface area contributed by atoms with E-state index in [1.807, 2.05) is 26.0 Å². The third-order valence-corrected chi connectivity index (χ3v) is 4.39. The van der Waals surface area contributed by atoms with Crippen molar-refractivity contribution >= 4 is 18.1 Å². The van der Waals surface area contributed by atoms with Crippen molar-refractivity contribution in [1.29, 1.82) is 0 Å². The molecule has 1 aromatic rings. The molecule has 5 nitrogen and oxygen atoms in total. The second kappa shape index (κ2) is 9.13. The number of carbonyl (C=O) groups excluding carboxylic acids is 2. The third-order valence-electron chi connectivity index (χ3n) is 4.39. The molecule has 0 aromatic carbocycles. The zero-order chi connectivity index (χ0) is 19.1. The molecule has 2 rings (SSSR count). The second-order valence-electron chi connectivity index (χ2n) is 6.53. The Kier molecular flexibility index (Phi) is 6.89. The number of aldehydes is 1. The molecule has 1 aromatic heterocycles. The summed E-state index contributed by atoms with van der Waals surface area (Å²) in [5.74, 6) is 0.584. The average molecular weight is 353 g/mol. The number of hydrogen-bond donors (Lipinski definition) is 1. The van der Waals surface area contributed by atoms with Gasteiger partial charge in [-0.05, 0) is 68.9 Å².